The van der Waals surface area contributed by atoms with Crippen LogP contribution in [-0.2, 0) is 19.1 Å². The lowest BCUT2D eigenvalue weighted by Crippen LogP contribution is -2.54. The van der Waals surface area contributed by atoms with Crippen LogP contribution in [0.4, 0.5) is 5.69 Å². The SMILES string of the molecule is CC[C@H](C)[C@H](NC(=O)c1ccc(N2CCN(CCOC)CC2)cc1)C(=O)N1C[C@H](SC)[C@H]2OCC(=O)[C@H]21. The van der Waals surface area contributed by atoms with Gasteiger partial charge in [-0.15, -0.1) is 0 Å². The number of benzene rings is 1. The van der Waals surface area contributed by atoms with Crippen LogP contribution in [0.25, 0.3) is 0 Å². The van der Waals surface area contributed by atoms with Crippen molar-refractivity contribution in [2.45, 2.75) is 43.7 Å². The van der Waals surface area contributed by atoms with E-state index in [0.29, 0.717) is 12.1 Å². The zero-order valence-electron chi connectivity index (χ0n) is 22.4. The molecule has 0 saturated carbocycles. The summed E-state index contributed by atoms with van der Waals surface area (Å²) in [7, 11) is 1.73. The summed E-state index contributed by atoms with van der Waals surface area (Å²) in [6.07, 6.45) is 2.43. The van der Waals surface area contributed by atoms with E-state index in [1.807, 2.05) is 44.4 Å². The zero-order chi connectivity index (χ0) is 26.5. The van der Waals surface area contributed by atoms with Crippen molar-refractivity contribution >= 4 is 35.0 Å². The number of amides is 2. The molecule has 3 heterocycles. The maximum Gasteiger partial charge on any atom is 0.251 e. The number of carbonyl (C=O) groups excluding carboxylic acids is 3. The van der Waals surface area contributed by atoms with Gasteiger partial charge in [-0.2, -0.15) is 11.8 Å². The molecule has 0 aromatic heterocycles. The van der Waals surface area contributed by atoms with Crippen LogP contribution in [0, 0.1) is 5.92 Å². The number of ketones is 1. The molecule has 0 aliphatic carbocycles. The van der Waals surface area contributed by atoms with E-state index in [1.54, 1.807) is 23.8 Å². The van der Waals surface area contributed by atoms with Gasteiger partial charge in [0, 0.05) is 57.6 Å². The molecule has 1 N–H and O–H groups in total. The molecule has 2 amide bonds. The van der Waals surface area contributed by atoms with Crippen LogP contribution in [0.1, 0.15) is 30.6 Å². The molecule has 1 aromatic carbocycles. The molecule has 4 rings (SSSR count). The molecule has 1 aromatic rings. The van der Waals surface area contributed by atoms with Gasteiger partial charge in [0.1, 0.15) is 18.7 Å². The largest absolute Gasteiger partial charge is 0.383 e. The number of ether oxygens (including phenoxy) is 2. The number of Topliss-reactive ketones (excluding diaryl/α,β-unsaturated/α-hetero) is 1. The Morgan fingerprint density at radius 1 is 1.19 bits per heavy atom. The minimum Gasteiger partial charge on any atom is -0.383 e. The van der Waals surface area contributed by atoms with E-state index in [2.05, 4.69) is 15.1 Å². The van der Waals surface area contributed by atoms with Crippen LogP contribution in [0.2, 0.25) is 0 Å². The van der Waals surface area contributed by atoms with Crippen molar-refractivity contribution in [3.8, 4) is 0 Å². The first-order chi connectivity index (χ1) is 17.9. The van der Waals surface area contributed by atoms with Crippen LogP contribution >= 0.6 is 11.8 Å². The van der Waals surface area contributed by atoms with E-state index < -0.39 is 12.1 Å². The lowest BCUT2D eigenvalue weighted by atomic mass is 9.96. The van der Waals surface area contributed by atoms with Crippen molar-refractivity contribution in [1.29, 1.82) is 0 Å². The number of hydrogen-bond acceptors (Lipinski definition) is 8. The summed E-state index contributed by atoms with van der Waals surface area (Å²) in [6.45, 7) is 9.97. The maximum absolute atomic E-state index is 13.7. The number of carbonyl (C=O) groups is 3. The van der Waals surface area contributed by atoms with Crippen LogP contribution in [0.3, 0.4) is 0 Å². The summed E-state index contributed by atoms with van der Waals surface area (Å²) in [5.41, 5.74) is 1.61. The standard InChI is InChI=1S/C27H40N4O5S/c1-5-18(2)23(27(34)31-16-22(37-4)25-24(31)21(32)17-36-25)28-26(33)19-6-8-20(9-7-19)30-12-10-29(11-13-30)14-15-35-3/h6-9,18,22-25H,5,10-17H2,1-4H3,(H,28,33)/t18-,22-,23-,24+,25+/m0/s1. The highest BCUT2D eigenvalue weighted by molar-refractivity contribution is 7.99. The second kappa shape index (κ2) is 12.6. The molecular weight excluding hydrogens is 492 g/mol. The number of likely N-dealkylation sites (tertiary alicyclic amines) is 1. The van der Waals surface area contributed by atoms with E-state index in [4.69, 9.17) is 9.47 Å². The highest BCUT2D eigenvalue weighted by Crippen LogP contribution is 2.34. The Kier molecular flexibility index (Phi) is 9.50. The Bertz CT molecular complexity index is 953. The van der Waals surface area contributed by atoms with Gasteiger partial charge in [-0.05, 0) is 36.4 Å². The average molecular weight is 533 g/mol. The van der Waals surface area contributed by atoms with E-state index in [-0.39, 0.29) is 41.5 Å². The Balaban J connectivity index is 1.40. The number of anilines is 1. The Morgan fingerprint density at radius 2 is 1.89 bits per heavy atom. The first kappa shape index (κ1) is 27.9. The van der Waals surface area contributed by atoms with Crippen LogP contribution in [0.5, 0.6) is 0 Å². The summed E-state index contributed by atoms with van der Waals surface area (Å²) in [4.78, 5) is 45.8. The monoisotopic (exact) mass is 532 g/mol. The van der Waals surface area contributed by atoms with Gasteiger partial charge >= 0.3 is 0 Å². The smallest absolute Gasteiger partial charge is 0.251 e. The van der Waals surface area contributed by atoms with Crippen molar-refractivity contribution in [3.05, 3.63) is 29.8 Å². The zero-order valence-corrected chi connectivity index (χ0v) is 23.2. The van der Waals surface area contributed by atoms with Gasteiger partial charge in [0.2, 0.25) is 5.91 Å². The van der Waals surface area contributed by atoms with Crippen molar-refractivity contribution in [2.24, 2.45) is 5.92 Å². The van der Waals surface area contributed by atoms with Crippen molar-refractivity contribution in [1.82, 2.24) is 15.1 Å². The minimum absolute atomic E-state index is 0.0467. The highest BCUT2D eigenvalue weighted by Gasteiger charge is 2.53. The fraction of sp³-hybridized carbons (Fsp3) is 0.667. The fourth-order valence-corrected chi connectivity index (χ4v) is 6.21. The number of piperazine rings is 1. The van der Waals surface area contributed by atoms with E-state index in [9.17, 15) is 14.4 Å². The molecule has 5 atom stereocenters. The third kappa shape index (κ3) is 6.13. The van der Waals surface area contributed by atoms with Gasteiger partial charge in [-0.3, -0.25) is 19.3 Å². The maximum atomic E-state index is 13.7. The number of hydrogen-bond donors (Lipinski definition) is 1. The topological polar surface area (TPSA) is 91.4 Å². The summed E-state index contributed by atoms with van der Waals surface area (Å²) in [5, 5.41) is 3.05. The molecule has 0 bridgehead atoms. The second-order valence-electron chi connectivity index (χ2n) is 10.2. The van der Waals surface area contributed by atoms with Crippen LogP contribution in [0.15, 0.2) is 24.3 Å². The van der Waals surface area contributed by atoms with Gasteiger partial charge in [-0.1, -0.05) is 20.3 Å². The highest BCUT2D eigenvalue weighted by atomic mass is 32.2. The lowest BCUT2D eigenvalue weighted by Gasteiger charge is -2.36. The summed E-state index contributed by atoms with van der Waals surface area (Å²) in [6, 6.07) is 6.34. The van der Waals surface area contributed by atoms with Gasteiger partial charge in [0.25, 0.3) is 5.91 Å². The molecular formula is C27H40N4O5S. The third-order valence-corrected chi connectivity index (χ3v) is 8.99. The molecule has 3 aliphatic rings. The number of rotatable bonds is 10. The van der Waals surface area contributed by atoms with Gasteiger partial charge in [-0.25, -0.2) is 0 Å². The summed E-state index contributed by atoms with van der Waals surface area (Å²) < 4.78 is 10.9. The Hall–Kier alpha value is -2.14. The number of nitrogens with one attached hydrogen (secondary N) is 1. The first-order valence-electron chi connectivity index (χ1n) is 13.2. The average Bonchev–Trinajstić information content (AvgIpc) is 3.50. The molecule has 3 saturated heterocycles. The van der Waals surface area contributed by atoms with Gasteiger partial charge < -0.3 is 24.6 Å². The minimum atomic E-state index is -0.702. The summed E-state index contributed by atoms with van der Waals surface area (Å²) >= 11 is 1.61. The molecule has 9 nitrogen and oxygen atoms in total. The van der Waals surface area contributed by atoms with Crippen LogP contribution < -0.4 is 10.2 Å². The van der Waals surface area contributed by atoms with Crippen LogP contribution in [-0.4, -0.2) is 117 Å². The molecule has 204 valence electrons. The molecule has 0 radical (unpaired) electrons. The lowest BCUT2D eigenvalue weighted by molar-refractivity contribution is -0.139. The number of fused-ring (bicyclic) bond motifs is 1. The van der Waals surface area contributed by atoms with Crippen molar-refractivity contribution < 1.29 is 23.9 Å². The van der Waals surface area contributed by atoms with Gasteiger partial charge in [0.05, 0.1) is 18.0 Å². The number of methoxy groups -OCH3 is 1. The molecule has 10 heteroatoms. The third-order valence-electron chi connectivity index (χ3n) is 7.97. The van der Waals surface area contributed by atoms with E-state index in [0.717, 1.165) is 51.4 Å². The normalized spacial score (nSPS) is 25.7. The Labute approximate surface area is 224 Å². The van der Waals surface area contributed by atoms with Crippen molar-refractivity contribution in [2.75, 3.05) is 70.7 Å². The number of nitrogens with zero attached hydrogens (tertiary/aromatic N) is 3. The second-order valence-corrected chi connectivity index (χ2v) is 11.2. The van der Waals surface area contributed by atoms with Gasteiger partial charge in [0.15, 0.2) is 5.78 Å². The fourth-order valence-electron chi connectivity index (χ4n) is 5.41. The molecule has 3 fully saturated rings. The molecule has 0 spiro atoms. The predicted molar refractivity (Wildman–Crippen MR) is 145 cm³/mol. The molecule has 0 unspecified atom stereocenters. The first-order valence-corrected chi connectivity index (χ1v) is 14.5. The van der Waals surface area contributed by atoms with E-state index in [1.165, 1.54) is 0 Å². The van der Waals surface area contributed by atoms with E-state index >= 15 is 0 Å². The molecule has 3 aliphatic heterocycles. The van der Waals surface area contributed by atoms with Crippen molar-refractivity contribution in [3.63, 3.8) is 0 Å². The summed E-state index contributed by atoms with van der Waals surface area (Å²) in [5.74, 6) is -0.606. The Morgan fingerprint density at radius 3 is 2.51 bits per heavy atom. The quantitative estimate of drug-likeness (QED) is 0.485. The number of thioether (sulfide) groups is 1. The molecule has 37 heavy (non-hydrogen) atoms. The predicted octanol–water partition coefficient (Wildman–Crippen LogP) is 1.51.